The van der Waals surface area contributed by atoms with E-state index in [0.29, 0.717) is 28.3 Å². The largest absolute Gasteiger partial charge is 0.461 e. The number of rotatable bonds is 8. The van der Waals surface area contributed by atoms with Crippen LogP contribution in [0.5, 0.6) is 0 Å². The van der Waals surface area contributed by atoms with Crippen LogP contribution in [-0.2, 0) is 16.9 Å². The highest BCUT2D eigenvalue weighted by molar-refractivity contribution is 7.99. The van der Waals surface area contributed by atoms with E-state index in [1.54, 1.807) is 6.26 Å². The van der Waals surface area contributed by atoms with Gasteiger partial charge < -0.3 is 9.73 Å². The van der Waals surface area contributed by atoms with Crippen molar-refractivity contribution in [2.24, 2.45) is 0 Å². The lowest BCUT2D eigenvalue weighted by Crippen LogP contribution is -2.51. The minimum atomic E-state index is -0.306. The molecule has 4 aromatic rings. The van der Waals surface area contributed by atoms with Gasteiger partial charge in [-0.3, -0.25) is 9.36 Å². The molecule has 1 aliphatic carbocycles. The second-order valence-corrected chi connectivity index (χ2v) is 9.51. The number of carbonyl (C=O) groups excluding carboxylic acids is 1. The number of carbonyl (C=O) groups is 1. The lowest BCUT2D eigenvalue weighted by Gasteiger charge is -2.43. The zero-order chi connectivity index (χ0) is 22.7. The molecule has 168 valence electrons. The summed E-state index contributed by atoms with van der Waals surface area (Å²) in [5.41, 5.74) is 1.91. The number of aromatic nitrogens is 3. The molecule has 0 aliphatic heterocycles. The topological polar surface area (TPSA) is 73.0 Å². The summed E-state index contributed by atoms with van der Waals surface area (Å²) in [7, 11) is 0. The molecule has 2 aromatic heterocycles. The predicted molar refractivity (Wildman–Crippen MR) is 129 cm³/mol. The van der Waals surface area contributed by atoms with E-state index in [9.17, 15) is 4.79 Å². The van der Waals surface area contributed by atoms with E-state index in [0.717, 1.165) is 30.4 Å². The van der Waals surface area contributed by atoms with Crippen LogP contribution in [0.2, 0.25) is 5.02 Å². The third kappa shape index (κ3) is 4.70. The molecular weight excluding hydrogens is 456 g/mol. The minimum absolute atomic E-state index is 0.0246. The van der Waals surface area contributed by atoms with Crippen molar-refractivity contribution in [3.8, 4) is 11.6 Å². The molecule has 33 heavy (non-hydrogen) atoms. The van der Waals surface area contributed by atoms with Gasteiger partial charge in [-0.05, 0) is 54.7 Å². The summed E-state index contributed by atoms with van der Waals surface area (Å²) in [6.45, 7) is 0.586. The van der Waals surface area contributed by atoms with Gasteiger partial charge in [-0.2, -0.15) is 0 Å². The highest BCUT2D eigenvalue weighted by Gasteiger charge is 2.39. The van der Waals surface area contributed by atoms with Crippen molar-refractivity contribution in [2.45, 2.75) is 36.5 Å². The maximum atomic E-state index is 12.9. The molecular formula is C25H23ClN4O2S. The van der Waals surface area contributed by atoms with E-state index in [-0.39, 0.29) is 17.2 Å². The molecule has 1 aliphatic rings. The number of amides is 1. The number of hydrogen-bond donors (Lipinski definition) is 1. The molecule has 1 N–H and O–H groups in total. The summed E-state index contributed by atoms with van der Waals surface area (Å²) in [6.07, 6.45) is 4.57. The number of nitrogens with zero attached hydrogens (tertiary/aromatic N) is 3. The Labute approximate surface area is 201 Å². The van der Waals surface area contributed by atoms with Crippen molar-refractivity contribution < 1.29 is 9.21 Å². The van der Waals surface area contributed by atoms with Gasteiger partial charge in [0.1, 0.15) is 0 Å². The van der Waals surface area contributed by atoms with Crippen LogP contribution in [0.25, 0.3) is 11.6 Å². The van der Waals surface area contributed by atoms with Crippen LogP contribution >= 0.6 is 23.4 Å². The third-order valence-electron chi connectivity index (χ3n) is 5.96. The molecule has 2 aromatic carbocycles. The molecule has 1 fully saturated rings. The van der Waals surface area contributed by atoms with Crippen LogP contribution in [0.1, 0.15) is 30.4 Å². The first-order chi connectivity index (χ1) is 16.1. The van der Waals surface area contributed by atoms with Crippen LogP contribution in [0.4, 0.5) is 0 Å². The van der Waals surface area contributed by atoms with Crippen LogP contribution in [0.15, 0.2) is 82.6 Å². The fourth-order valence-corrected chi connectivity index (χ4v) is 4.97. The number of furan rings is 1. The molecule has 1 amide bonds. The fourth-order valence-electron chi connectivity index (χ4n) is 4.11. The molecule has 0 saturated heterocycles. The average Bonchev–Trinajstić information content (AvgIpc) is 3.46. The first-order valence-corrected chi connectivity index (χ1v) is 12.2. The molecule has 0 bridgehead atoms. The molecule has 0 unspecified atom stereocenters. The van der Waals surface area contributed by atoms with Gasteiger partial charge in [-0.15, -0.1) is 10.2 Å². The Morgan fingerprint density at radius 2 is 1.85 bits per heavy atom. The van der Waals surface area contributed by atoms with E-state index in [4.69, 9.17) is 16.0 Å². The zero-order valence-electron chi connectivity index (χ0n) is 17.9. The first kappa shape index (κ1) is 21.8. The zero-order valence-corrected chi connectivity index (χ0v) is 19.5. The summed E-state index contributed by atoms with van der Waals surface area (Å²) < 4.78 is 7.55. The van der Waals surface area contributed by atoms with Gasteiger partial charge in [0.15, 0.2) is 10.9 Å². The predicted octanol–water partition coefficient (Wildman–Crippen LogP) is 5.53. The molecule has 8 heteroatoms. The number of halogens is 1. The van der Waals surface area contributed by atoms with Crippen LogP contribution < -0.4 is 5.32 Å². The van der Waals surface area contributed by atoms with Gasteiger partial charge in [0.05, 0.1) is 24.1 Å². The molecule has 2 heterocycles. The van der Waals surface area contributed by atoms with E-state index in [1.807, 2.05) is 59.2 Å². The lowest BCUT2D eigenvalue weighted by molar-refractivity contribution is -0.121. The second-order valence-electron chi connectivity index (χ2n) is 8.13. The van der Waals surface area contributed by atoms with Crippen molar-refractivity contribution in [2.75, 3.05) is 5.75 Å². The number of hydrogen-bond acceptors (Lipinski definition) is 5. The summed E-state index contributed by atoms with van der Waals surface area (Å²) in [5, 5.41) is 13.3. The number of benzene rings is 2. The average molecular weight is 479 g/mol. The third-order valence-corrected chi connectivity index (χ3v) is 7.18. The minimum Gasteiger partial charge on any atom is -0.461 e. The lowest BCUT2D eigenvalue weighted by atomic mass is 9.72. The maximum absolute atomic E-state index is 12.9. The van der Waals surface area contributed by atoms with Gasteiger partial charge in [0, 0.05) is 5.02 Å². The Morgan fingerprint density at radius 3 is 2.52 bits per heavy atom. The van der Waals surface area contributed by atoms with E-state index < -0.39 is 0 Å². The van der Waals surface area contributed by atoms with Gasteiger partial charge in [0.2, 0.25) is 11.7 Å². The quantitative estimate of drug-likeness (QED) is 0.337. The summed E-state index contributed by atoms with van der Waals surface area (Å²) in [6, 6.07) is 21.5. The highest BCUT2D eigenvalue weighted by atomic mass is 35.5. The monoisotopic (exact) mass is 478 g/mol. The van der Waals surface area contributed by atoms with Crippen LogP contribution in [0.3, 0.4) is 0 Å². The van der Waals surface area contributed by atoms with Crippen molar-refractivity contribution in [1.29, 1.82) is 0 Å². The van der Waals surface area contributed by atoms with Crippen molar-refractivity contribution in [1.82, 2.24) is 20.1 Å². The summed E-state index contributed by atoms with van der Waals surface area (Å²) in [5.74, 6) is 1.51. The SMILES string of the molecule is O=C(CSc1nnc(-c2ccco2)n1Cc1ccccc1)NC1(c2ccc(Cl)cc2)CCC1. The first-order valence-electron chi connectivity index (χ1n) is 10.8. The van der Waals surface area contributed by atoms with Gasteiger partial charge in [-0.1, -0.05) is 65.8 Å². The van der Waals surface area contributed by atoms with Crippen molar-refractivity contribution >= 4 is 29.3 Å². The van der Waals surface area contributed by atoms with Crippen LogP contribution in [-0.4, -0.2) is 26.4 Å². The molecule has 5 rings (SSSR count). The van der Waals surface area contributed by atoms with Crippen molar-refractivity contribution in [3.63, 3.8) is 0 Å². The van der Waals surface area contributed by atoms with Gasteiger partial charge >= 0.3 is 0 Å². The summed E-state index contributed by atoms with van der Waals surface area (Å²) >= 11 is 7.43. The second kappa shape index (κ2) is 9.45. The molecule has 1 saturated carbocycles. The highest BCUT2D eigenvalue weighted by Crippen LogP contribution is 2.41. The van der Waals surface area contributed by atoms with Gasteiger partial charge in [-0.25, -0.2) is 0 Å². The Bertz CT molecular complexity index is 1220. The van der Waals surface area contributed by atoms with E-state index >= 15 is 0 Å². The van der Waals surface area contributed by atoms with E-state index in [2.05, 4.69) is 27.6 Å². The number of thioether (sulfide) groups is 1. The Kier molecular flexibility index (Phi) is 6.24. The Hall–Kier alpha value is -3.03. The van der Waals surface area contributed by atoms with E-state index in [1.165, 1.54) is 11.8 Å². The molecule has 0 spiro atoms. The maximum Gasteiger partial charge on any atom is 0.231 e. The van der Waals surface area contributed by atoms with Crippen LogP contribution in [0, 0.1) is 0 Å². The summed E-state index contributed by atoms with van der Waals surface area (Å²) in [4.78, 5) is 12.9. The fraction of sp³-hybridized carbons (Fsp3) is 0.240. The molecule has 0 radical (unpaired) electrons. The van der Waals surface area contributed by atoms with Gasteiger partial charge in [0.25, 0.3) is 0 Å². The Morgan fingerprint density at radius 1 is 1.06 bits per heavy atom. The Balaban J connectivity index is 1.32. The normalized spacial score (nSPS) is 14.6. The smallest absolute Gasteiger partial charge is 0.231 e. The number of nitrogens with one attached hydrogen (secondary N) is 1. The standard InChI is InChI=1S/C25H23ClN4O2S/c26-20-11-9-19(10-12-20)25(13-5-14-25)27-22(31)17-33-24-29-28-23(21-8-4-15-32-21)30(24)16-18-6-2-1-3-7-18/h1-4,6-12,15H,5,13-14,16-17H2,(H,27,31). The molecule has 6 nitrogen and oxygen atoms in total. The van der Waals surface area contributed by atoms with Crippen molar-refractivity contribution in [3.05, 3.63) is 89.1 Å². The molecule has 0 atom stereocenters.